The minimum absolute atomic E-state index is 0.0208. The zero-order valence-corrected chi connectivity index (χ0v) is 6.39. The minimum atomic E-state index is -0.168. The van der Waals surface area contributed by atoms with Gasteiger partial charge in [0.2, 0.25) is 5.78 Å². The molecule has 10 heavy (non-hydrogen) atoms. The molecule has 2 heteroatoms. The zero-order chi connectivity index (χ0) is 7.72. The van der Waals surface area contributed by atoms with Gasteiger partial charge in [-0.15, -0.1) is 0 Å². The summed E-state index contributed by atoms with van der Waals surface area (Å²) in [6, 6.07) is 0. The van der Waals surface area contributed by atoms with Crippen molar-refractivity contribution < 1.29 is 9.59 Å². The molecule has 0 aromatic heterocycles. The average molecular weight is 140 g/mol. The summed E-state index contributed by atoms with van der Waals surface area (Å²) in [6.45, 7) is 3.97. The van der Waals surface area contributed by atoms with Gasteiger partial charge >= 0.3 is 0 Å². The van der Waals surface area contributed by atoms with E-state index in [-0.39, 0.29) is 17.5 Å². The van der Waals surface area contributed by atoms with E-state index in [1.54, 1.807) is 0 Å². The summed E-state index contributed by atoms with van der Waals surface area (Å²) >= 11 is 0. The number of carbonyl (C=O) groups is 2. The molecule has 56 valence electrons. The van der Waals surface area contributed by atoms with Crippen molar-refractivity contribution in [3.05, 3.63) is 0 Å². The van der Waals surface area contributed by atoms with Crippen LogP contribution in [0, 0.1) is 11.8 Å². The van der Waals surface area contributed by atoms with Crippen molar-refractivity contribution in [2.45, 2.75) is 26.7 Å². The molecule has 0 saturated heterocycles. The Morgan fingerprint density at radius 3 is 2.20 bits per heavy atom. The lowest BCUT2D eigenvalue weighted by atomic mass is 9.94. The molecule has 1 atom stereocenters. The van der Waals surface area contributed by atoms with Crippen molar-refractivity contribution >= 4 is 11.6 Å². The Balaban J connectivity index is 2.66. The van der Waals surface area contributed by atoms with E-state index < -0.39 is 0 Å². The van der Waals surface area contributed by atoms with Crippen LogP contribution in [-0.2, 0) is 9.59 Å². The van der Waals surface area contributed by atoms with Crippen LogP contribution < -0.4 is 0 Å². The van der Waals surface area contributed by atoms with E-state index in [1.807, 2.05) is 13.8 Å². The lowest BCUT2D eigenvalue weighted by Gasteiger charge is -2.09. The molecule has 0 spiro atoms. The third kappa shape index (κ3) is 1.11. The molecule has 1 rings (SSSR count). The van der Waals surface area contributed by atoms with E-state index in [4.69, 9.17) is 0 Å². The molecule has 2 nitrogen and oxygen atoms in total. The van der Waals surface area contributed by atoms with Crippen LogP contribution in [0.5, 0.6) is 0 Å². The predicted octanol–water partition coefficient (Wildman–Crippen LogP) is 1.19. The molecule has 1 aliphatic carbocycles. The summed E-state index contributed by atoms with van der Waals surface area (Å²) in [5.74, 6) is 0.0418. The molecule has 0 heterocycles. The van der Waals surface area contributed by atoms with Crippen molar-refractivity contribution in [1.29, 1.82) is 0 Å². The Morgan fingerprint density at radius 2 is 2.00 bits per heavy atom. The maximum Gasteiger partial charge on any atom is 0.201 e. The van der Waals surface area contributed by atoms with Crippen molar-refractivity contribution in [1.82, 2.24) is 0 Å². The van der Waals surface area contributed by atoms with Crippen LogP contribution in [0.4, 0.5) is 0 Å². The first-order valence-corrected chi connectivity index (χ1v) is 3.70. The Hall–Kier alpha value is -0.660. The van der Waals surface area contributed by atoms with Crippen LogP contribution >= 0.6 is 0 Å². The normalized spacial score (nSPS) is 26.5. The van der Waals surface area contributed by atoms with Crippen LogP contribution in [0.2, 0.25) is 0 Å². The smallest absolute Gasteiger partial charge is 0.201 e. The summed E-state index contributed by atoms with van der Waals surface area (Å²) in [7, 11) is 0. The van der Waals surface area contributed by atoms with Gasteiger partial charge in [0.1, 0.15) is 0 Å². The van der Waals surface area contributed by atoms with Crippen LogP contribution in [0.25, 0.3) is 0 Å². The highest BCUT2D eigenvalue weighted by molar-refractivity contribution is 6.39. The number of Topliss-reactive ketones (excluding diaryl/α,β-unsaturated/α-hetero) is 2. The lowest BCUT2D eigenvalue weighted by molar-refractivity contribution is -0.136. The van der Waals surface area contributed by atoms with Crippen LogP contribution in [0.3, 0.4) is 0 Å². The molecule has 1 aliphatic rings. The standard InChI is InChI=1S/C8H12O2/c1-5(2)6-3-4-7(9)8(6)10/h5-6H,3-4H2,1-2H3. The molecule has 1 fully saturated rings. The first kappa shape index (κ1) is 7.45. The molecular formula is C8H12O2. The van der Waals surface area contributed by atoms with Gasteiger partial charge in [0.25, 0.3) is 0 Å². The first-order chi connectivity index (χ1) is 4.63. The Bertz CT molecular complexity index is 170. The van der Waals surface area contributed by atoms with Gasteiger partial charge in [-0.2, -0.15) is 0 Å². The summed E-state index contributed by atoms with van der Waals surface area (Å²) in [5, 5.41) is 0. The third-order valence-electron chi connectivity index (χ3n) is 2.10. The van der Waals surface area contributed by atoms with E-state index in [0.717, 1.165) is 6.42 Å². The summed E-state index contributed by atoms with van der Waals surface area (Å²) < 4.78 is 0. The zero-order valence-electron chi connectivity index (χ0n) is 6.39. The Labute approximate surface area is 60.6 Å². The number of rotatable bonds is 1. The second-order valence-electron chi connectivity index (χ2n) is 3.18. The number of ketones is 2. The first-order valence-electron chi connectivity index (χ1n) is 3.70. The molecule has 1 saturated carbocycles. The van der Waals surface area contributed by atoms with E-state index >= 15 is 0 Å². The average Bonchev–Trinajstić information content (AvgIpc) is 2.14. The highest BCUT2D eigenvalue weighted by Gasteiger charge is 2.33. The molecule has 1 unspecified atom stereocenters. The maximum atomic E-state index is 11.0. The summed E-state index contributed by atoms with van der Waals surface area (Å²) in [6.07, 6.45) is 1.25. The fourth-order valence-electron chi connectivity index (χ4n) is 1.38. The highest BCUT2D eigenvalue weighted by atomic mass is 16.2. The monoisotopic (exact) mass is 140 g/mol. The van der Waals surface area contributed by atoms with Gasteiger partial charge in [0.15, 0.2) is 5.78 Å². The topological polar surface area (TPSA) is 34.1 Å². The van der Waals surface area contributed by atoms with Gasteiger partial charge in [-0.05, 0) is 12.3 Å². The van der Waals surface area contributed by atoms with E-state index in [2.05, 4.69) is 0 Å². The number of hydrogen-bond donors (Lipinski definition) is 0. The minimum Gasteiger partial charge on any atom is -0.291 e. The van der Waals surface area contributed by atoms with Crippen molar-refractivity contribution in [2.24, 2.45) is 11.8 Å². The number of carbonyl (C=O) groups excluding carboxylic acids is 2. The van der Waals surface area contributed by atoms with Gasteiger partial charge in [-0.25, -0.2) is 0 Å². The quantitative estimate of drug-likeness (QED) is 0.513. The Kier molecular flexibility index (Phi) is 1.88. The highest BCUT2D eigenvalue weighted by Crippen LogP contribution is 2.25. The van der Waals surface area contributed by atoms with Crippen molar-refractivity contribution in [3.8, 4) is 0 Å². The van der Waals surface area contributed by atoms with Gasteiger partial charge < -0.3 is 0 Å². The largest absolute Gasteiger partial charge is 0.291 e. The fraction of sp³-hybridized carbons (Fsp3) is 0.750. The number of hydrogen-bond acceptors (Lipinski definition) is 2. The molecule has 0 aromatic rings. The maximum absolute atomic E-state index is 11.0. The molecular weight excluding hydrogens is 128 g/mol. The van der Waals surface area contributed by atoms with E-state index in [9.17, 15) is 9.59 Å². The van der Waals surface area contributed by atoms with Crippen molar-refractivity contribution in [3.63, 3.8) is 0 Å². The second-order valence-corrected chi connectivity index (χ2v) is 3.18. The predicted molar refractivity (Wildman–Crippen MR) is 37.6 cm³/mol. The van der Waals surface area contributed by atoms with Crippen LogP contribution in [0.1, 0.15) is 26.7 Å². The van der Waals surface area contributed by atoms with Gasteiger partial charge in [-0.3, -0.25) is 9.59 Å². The molecule has 0 aromatic carbocycles. The molecule has 0 amide bonds. The molecule has 0 N–H and O–H groups in total. The fourth-order valence-corrected chi connectivity index (χ4v) is 1.38. The van der Waals surface area contributed by atoms with Crippen molar-refractivity contribution in [2.75, 3.05) is 0 Å². The van der Waals surface area contributed by atoms with Crippen LogP contribution in [-0.4, -0.2) is 11.6 Å². The molecule has 0 radical (unpaired) electrons. The van der Waals surface area contributed by atoms with Gasteiger partial charge in [0, 0.05) is 12.3 Å². The third-order valence-corrected chi connectivity index (χ3v) is 2.10. The summed E-state index contributed by atoms with van der Waals surface area (Å²) in [4.78, 5) is 21.7. The Morgan fingerprint density at radius 1 is 1.40 bits per heavy atom. The lowest BCUT2D eigenvalue weighted by Crippen LogP contribution is -2.17. The van der Waals surface area contributed by atoms with Crippen LogP contribution in [0.15, 0.2) is 0 Å². The second kappa shape index (κ2) is 2.52. The van der Waals surface area contributed by atoms with Gasteiger partial charge in [0.05, 0.1) is 0 Å². The summed E-state index contributed by atoms with van der Waals surface area (Å²) in [5.41, 5.74) is 0. The molecule has 0 aliphatic heterocycles. The van der Waals surface area contributed by atoms with E-state index in [0.29, 0.717) is 12.3 Å². The molecule has 0 bridgehead atoms. The van der Waals surface area contributed by atoms with E-state index in [1.165, 1.54) is 0 Å². The SMILES string of the molecule is CC(C)C1CCC(=O)C1=O. The van der Waals surface area contributed by atoms with Gasteiger partial charge in [-0.1, -0.05) is 13.8 Å².